The summed E-state index contributed by atoms with van der Waals surface area (Å²) in [7, 11) is -1.70. The summed E-state index contributed by atoms with van der Waals surface area (Å²) < 4.78 is 19.8. The number of fused-ring (bicyclic) bond motifs is 1. The molecule has 1 radical (unpaired) electrons. The Balaban J connectivity index is 1.59. The van der Waals surface area contributed by atoms with Crippen molar-refractivity contribution in [3.05, 3.63) is 162 Å². The van der Waals surface area contributed by atoms with Crippen LogP contribution in [0.2, 0.25) is 0 Å². The smallest absolute Gasteiger partial charge is 0.303 e. The van der Waals surface area contributed by atoms with Gasteiger partial charge in [-0.3, -0.25) is 4.79 Å². The van der Waals surface area contributed by atoms with E-state index in [1.54, 1.807) is 0 Å². The Hall–Kier alpha value is -4.97. The van der Waals surface area contributed by atoms with Crippen LogP contribution in [0.3, 0.4) is 0 Å². The highest BCUT2D eigenvalue weighted by Crippen LogP contribution is 2.47. The Bertz CT molecular complexity index is 1950. The molecular formula is C44H43O4Si. The molecule has 0 aromatic heterocycles. The van der Waals surface area contributed by atoms with Gasteiger partial charge in [0.05, 0.1) is 6.10 Å². The Labute approximate surface area is 292 Å². The zero-order chi connectivity index (χ0) is 34.4. The number of rotatable bonds is 11. The van der Waals surface area contributed by atoms with Crippen molar-refractivity contribution >= 4 is 36.2 Å². The van der Waals surface area contributed by atoms with Crippen molar-refractivity contribution in [3.63, 3.8) is 0 Å². The third kappa shape index (κ3) is 8.02. The van der Waals surface area contributed by atoms with E-state index in [0.717, 1.165) is 44.3 Å². The fraction of sp³-hybridized carbons (Fsp3) is 0.205. The fourth-order valence-electron chi connectivity index (χ4n) is 6.44. The van der Waals surface area contributed by atoms with Crippen molar-refractivity contribution in [2.24, 2.45) is 5.41 Å². The molecule has 6 aromatic carbocycles. The molecule has 0 N–H and O–H groups in total. The van der Waals surface area contributed by atoms with E-state index in [0.29, 0.717) is 6.61 Å². The molecule has 0 fully saturated rings. The summed E-state index contributed by atoms with van der Waals surface area (Å²) in [5, 5.41) is 4.43. The monoisotopic (exact) mass is 663 g/mol. The van der Waals surface area contributed by atoms with Gasteiger partial charge in [-0.25, -0.2) is 0 Å². The predicted molar refractivity (Wildman–Crippen MR) is 202 cm³/mol. The maximum Gasteiger partial charge on any atom is 0.303 e. The van der Waals surface area contributed by atoms with Gasteiger partial charge >= 0.3 is 5.97 Å². The first-order valence-corrected chi connectivity index (χ1v) is 18.2. The van der Waals surface area contributed by atoms with Gasteiger partial charge in [-0.15, -0.1) is 0 Å². The maximum absolute atomic E-state index is 12.5. The third-order valence-corrected chi connectivity index (χ3v) is 10.8. The van der Waals surface area contributed by atoms with Crippen molar-refractivity contribution < 1.29 is 18.7 Å². The molecular weight excluding hydrogens is 621 g/mol. The number of carbonyl (C=O) groups is 1. The molecule has 247 valence electrons. The second-order valence-electron chi connectivity index (χ2n) is 13.5. The van der Waals surface area contributed by atoms with E-state index in [1.807, 2.05) is 49.4 Å². The second kappa shape index (κ2) is 15.1. The molecule has 2 unspecified atom stereocenters. The zero-order valence-corrected chi connectivity index (χ0v) is 29.9. The first-order valence-electron chi connectivity index (χ1n) is 16.8. The molecule has 49 heavy (non-hydrogen) atoms. The van der Waals surface area contributed by atoms with Crippen LogP contribution < -0.4 is 15.1 Å². The highest BCUT2D eigenvalue weighted by molar-refractivity contribution is 6.80. The van der Waals surface area contributed by atoms with Crippen molar-refractivity contribution in [3.8, 4) is 16.9 Å². The summed E-state index contributed by atoms with van der Waals surface area (Å²) >= 11 is 0. The van der Waals surface area contributed by atoms with E-state index < -0.39 is 15.1 Å². The molecule has 0 spiro atoms. The number of carbonyl (C=O) groups excluding carboxylic acids is 1. The molecule has 6 rings (SSSR count). The minimum atomic E-state index is -1.70. The van der Waals surface area contributed by atoms with Crippen molar-refractivity contribution in [2.75, 3.05) is 0 Å². The Morgan fingerprint density at radius 3 is 1.82 bits per heavy atom. The number of esters is 1. The molecule has 0 aliphatic heterocycles. The minimum absolute atomic E-state index is 0.325. The van der Waals surface area contributed by atoms with Crippen LogP contribution in [0.1, 0.15) is 63.5 Å². The lowest BCUT2D eigenvalue weighted by Gasteiger charge is -2.37. The first-order chi connectivity index (χ1) is 23.7. The molecule has 0 bridgehead atoms. The van der Waals surface area contributed by atoms with Gasteiger partial charge in [-0.05, 0) is 73.9 Å². The van der Waals surface area contributed by atoms with E-state index in [4.69, 9.17) is 13.9 Å². The van der Waals surface area contributed by atoms with Crippen molar-refractivity contribution in [1.82, 2.24) is 0 Å². The fourth-order valence-corrected chi connectivity index (χ4v) is 8.75. The highest BCUT2D eigenvalue weighted by Gasteiger charge is 2.36. The molecule has 0 aliphatic rings. The lowest BCUT2D eigenvalue weighted by atomic mass is 9.78. The van der Waals surface area contributed by atoms with E-state index >= 15 is 0 Å². The molecule has 0 saturated heterocycles. The third-order valence-electron chi connectivity index (χ3n) is 8.62. The van der Waals surface area contributed by atoms with Gasteiger partial charge in [0.2, 0.25) is 0 Å². The summed E-state index contributed by atoms with van der Waals surface area (Å²) in [6, 6.07) is 50.1. The van der Waals surface area contributed by atoms with Crippen molar-refractivity contribution in [2.45, 2.75) is 53.4 Å². The quantitative estimate of drug-likeness (QED) is 0.102. The molecule has 0 aliphatic carbocycles. The number of ether oxygens (including phenoxy) is 2. The lowest BCUT2D eigenvalue weighted by molar-refractivity contribution is -0.145. The predicted octanol–water partition coefficient (Wildman–Crippen LogP) is 9.62. The molecule has 5 heteroatoms. The second-order valence-corrected chi connectivity index (χ2v) is 15.5. The van der Waals surface area contributed by atoms with Gasteiger partial charge in [0.15, 0.2) is 0 Å². The van der Waals surface area contributed by atoms with E-state index in [-0.39, 0.29) is 17.5 Å². The van der Waals surface area contributed by atoms with Crippen LogP contribution in [0.15, 0.2) is 146 Å². The van der Waals surface area contributed by atoms with Crippen LogP contribution in [-0.4, -0.2) is 15.0 Å². The van der Waals surface area contributed by atoms with Crippen molar-refractivity contribution in [1.29, 1.82) is 0 Å². The Kier molecular flexibility index (Phi) is 10.4. The highest BCUT2D eigenvalue weighted by atomic mass is 28.3. The van der Waals surface area contributed by atoms with Gasteiger partial charge in [-0.2, -0.15) is 0 Å². The summed E-state index contributed by atoms with van der Waals surface area (Å²) in [4.78, 5) is 12.5. The number of benzene rings is 6. The average Bonchev–Trinajstić information content (AvgIpc) is 3.11. The lowest BCUT2D eigenvalue weighted by Crippen LogP contribution is -2.47. The summed E-state index contributed by atoms with van der Waals surface area (Å²) in [6.07, 6.45) is -0.880. The van der Waals surface area contributed by atoms with Gasteiger partial charge in [0.25, 0.3) is 9.04 Å². The summed E-state index contributed by atoms with van der Waals surface area (Å²) in [6.45, 7) is 10.6. The van der Waals surface area contributed by atoms with Gasteiger partial charge in [0, 0.05) is 12.5 Å². The van der Waals surface area contributed by atoms with E-state index in [1.165, 1.54) is 17.3 Å². The number of hydrogen-bond acceptors (Lipinski definition) is 4. The SMILES string of the molecule is CC(=O)OC(C)c1c(C(O[Si](c2ccccc2)c2ccccc2)C(C)(C)C)cc2cc(OCc3ccccc3)ccc2c1-c1ccccc1. The first kappa shape index (κ1) is 33.9. The zero-order valence-electron chi connectivity index (χ0n) is 28.9. The van der Waals surface area contributed by atoms with Gasteiger partial charge < -0.3 is 13.9 Å². The topological polar surface area (TPSA) is 44.8 Å². The van der Waals surface area contributed by atoms with Crippen LogP contribution in [0.4, 0.5) is 0 Å². The Morgan fingerprint density at radius 2 is 1.27 bits per heavy atom. The largest absolute Gasteiger partial charge is 0.489 e. The molecule has 2 atom stereocenters. The number of hydrogen-bond donors (Lipinski definition) is 0. The average molecular weight is 664 g/mol. The molecule has 0 saturated carbocycles. The normalized spacial score (nSPS) is 12.9. The molecule has 4 nitrogen and oxygen atoms in total. The van der Waals surface area contributed by atoms with Crippen LogP contribution in [0.25, 0.3) is 21.9 Å². The molecule has 0 amide bonds. The Morgan fingerprint density at radius 1 is 0.714 bits per heavy atom. The van der Waals surface area contributed by atoms with Crippen LogP contribution >= 0.6 is 0 Å². The van der Waals surface area contributed by atoms with Crippen LogP contribution in [0.5, 0.6) is 5.75 Å². The molecule has 0 heterocycles. The van der Waals surface area contributed by atoms with Crippen LogP contribution in [0, 0.1) is 5.41 Å². The van der Waals surface area contributed by atoms with E-state index in [9.17, 15) is 4.79 Å². The van der Waals surface area contributed by atoms with Gasteiger partial charge in [0.1, 0.15) is 18.5 Å². The van der Waals surface area contributed by atoms with E-state index in [2.05, 4.69) is 124 Å². The molecule has 6 aromatic rings. The summed E-state index contributed by atoms with van der Waals surface area (Å²) in [5.41, 5.74) is 4.81. The standard InChI is InChI=1S/C44H43O4Si/c1-31(47-32(2)45)41-40(43(44(3,4)5)48-49(37-22-14-8-15-23-37)38-24-16-9-17-25-38)29-35-28-36(46-30-33-18-10-6-11-19-33)26-27-39(35)42(41)34-20-12-7-13-21-34/h6-29,31,43H,30H2,1-5H3. The van der Waals surface area contributed by atoms with Crippen LogP contribution in [-0.2, 0) is 20.6 Å². The minimum Gasteiger partial charge on any atom is -0.489 e. The maximum atomic E-state index is 12.5. The van der Waals surface area contributed by atoms with Gasteiger partial charge in [-0.1, -0.05) is 148 Å². The summed E-state index contributed by atoms with van der Waals surface area (Å²) in [5.74, 6) is 0.461.